The SMILES string of the molecule is O=C(C=Cc1cccc(-c2nc3ccccc3n2CCN2CCOCC2)c1)NO. The van der Waals surface area contributed by atoms with E-state index < -0.39 is 5.91 Å². The average Bonchev–Trinajstić information content (AvgIpc) is 3.15. The quantitative estimate of drug-likeness (QED) is 0.383. The van der Waals surface area contributed by atoms with Crippen molar-refractivity contribution in [1.82, 2.24) is 19.9 Å². The van der Waals surface area contributed by atoms with Crippen molar-refractivity contribution in [1.29, 1.82) is 0 Å². The lowest BCUT2D eigenvalue weighted by Gasteiger charge is -2.27. The maximum atomic E-state index is 11.3. The molecule has 0 radical (unpaired) electrons. The van der Waals surface area contributed by atoms with Crippen LogP contribution in [0.5, 0.6) is 0 Å². The van der Waals surface area contributed by atoms with Gasteiger partial charge in [0.25, 0.3) is 5.91 Å². The predicted molar refractivity (Wildman–Crippen MR) is 111 cm³/mol. The molecule has 29 heavy (non-hydrogen) atoms. The van der Waals surface area contributed by atoms with E-state index in [-0.39, 0.29) is 0 Å². The number of morpholine rings is 1. The lowest BCUT2D eigenvalue weighted by atomic mass is 10.1. The molecule has 1 amide bonds. The van der Waals surface area contributed by atoms with Gasteiger partial charge in [-0.05, 0) is 29.8 Å². The summed E-state index contributed by atoms with van der Waals surface area (Å²) in [7, 11) is 0. The second-order valence-electron chi connectivity index (χ2n) is 6.96. The molecule has 0 bridgehead atoms. The summed E-state index contributed by atoms with van der Waals surface area (Å²) in [6.45, 7) is 5.25. The van der Waals surface area contributed by atoms with Crippen molar-refractivity contribution in [2.75, 3.05) is 32.8 Å². The second-order valence-corrected chi connectivity index (χ2v) is 6.96. The molecular formula is C22H24N4O3. The maximum absolute atomic E-state index is 11.3. The fourth-order valence-electron chi connectivity index (χ4n) is 3.58. The van der Waals surface area contributed by atoms with Crippen molar-refractivity contribution < 1.29 is 14.7 Å². The number of carbonyl (C=O) groups is 1. The molecule has 1 aliphatic rings. The van der Waals surface area contributed by atoms with Crippen molar-refractivity contribution in [2.24, 2.45) is 0 Å². The van der Waals surface area contributed by atoms with Crippen LogP contribution < -0.4 is 5.48 Å². The largest absolute Gasteiger partial charge is 0.379 e. The van der Waals surface area contributed by atoms with E-state index in [0.717, 1.165) is 67.4 Å². The number of nitrogens with zero attached hydrogens (tertiary/aromatic N) is 3. The molecule has 7 nitrogen and oxygen atoms in total. The summed E-state index contributed by atoms with van der Waals surface area (Å²) in [6, 6.07) is 16.0. The van der Waals surface area contributed by atoms with Crippen LogP contribution in [0.1, 0.15) is 5.56 Å². The topological polar surface area (TPSA) is 79.6 Å². The van der Waals surface area contributed by atoms with E-state index >= 15 is 0 Å². The normalized spacial score (nSPS) is 15.2. The first-order valence-corrected chi connectivity index (χ1v) is 9.72. The van der Waals surface area contributed by atoms with Crippen LogP contribution in [-0.4, -0.2) is 58.4 Å². The van der Waals surface area contributed by atoms with E-state index in [1.807, 2.05) is 42.5 Å². The van der Waals surface area contributed by atoms with Crippen LogP contribution in [-0.2, 0) is 16.1 Å². The molecule has 0 aliphatic carbocycles. The predicted octanol–water partition coefficient (Wildman–Crippen LogP) is 2.55. The lowest BCUT2D eigenvalue weighted by Crippen LogP contribution is -2.38. The Hall–Kier alpha value is -3.00. The summed E-state index contributed by atoms with van der Waals surface area (Å²) in [6.07, 6.45) is 2.95. The second kappa shape index (κ2) is 9.00. The van der Waals surface area contributed by atoms with Crippen LogP contribution in [0, 0.1) is 0 Å². The first-order chi connectivity index (χ1) is 14.2. The van der Waals surface area contributed by atoms with Crippen LogP contribution in [0.15, 0.2) is 54.6 Å². The first-order valence-electron chi connectivity index (χ1n) is 9.72. The number of para-hydroxylation sites is 2. The third-order valence-electron chi connectivity index (χ3n) is 5.08. The molecule has 1 fully saturated rings. The van der Waals surface area contributed by atoms with E-state index in [1.165, 1.54) is 6.08 Å². The van der Waals surface area contributed by atoms with Gasteiger partial charge in [-0.1, -0.05) is 30.3 Å². The third kappa shape index (κ3) is 4.54. The summed E-state index contributed by atoms with van der Waals surface area (Å²) in [5.74, 6) is 0.342. The highest BCUT2D eigenvalue weighted by molar-refractivity contribution is 5.91. The minimum atomic E-state index is -0.562. The standard InChI is InChI=1S/C22H24N4O3/c27-21(24-28)9-8-17-4-3-5-18(16-17)22-23-19-6-1-2-7-20(19)26(22)11-10-25-12-14-29-15-13-25/h1-9,16,28H,10-15H2,(H,24,27). The van der Waals surface area contributed by atoms with Gasteiger partial charge in [-0.25, -0.2) is 10.5 Å². The number of carbonyl (C=O) groups excluding carboxylic acids is 1. The Morgan fingerprint density at radius 2 is 1.97 bits per heavy atom. The molecule has 2 heterocycles. The number of imidazole rings is 1. The fourth-order valence-corrected chi connectivity index (χ4v) is 3.58. The number of nitrogens with one attached hydrogen (secondary N) is 1. The van der Waals surface area contributed by atoms with Gasteiger partial charge in [0.05, 0.1) is 24.2 Å². The van der Waals surface area contributed by atoms with Gasteiger partial charge in [-0.2, -0.15) is 0 Å². The number of hydrogen-bond donors (Lipinski definition) is 2. The smallest absolute Gasteiger partial charge is 0.267 e. The van der Waals surface area contributed by atoms with E-state index in [9.17, 15) is 4.79 Å². The third-order valence-corrected chi connectivity index (χ3v) is 5.08. The van der Waals surface area contributed by atoms with Gasteiger partial charge in [0.2, 0.25) is 0 Å². The zero-order valence-electron chi connectivity index (χ0n) is 16.1. The Morgan fingerprint density at radius 1 is 1.14 bits per heavy atom. The molecule has 1 aliphatic heterocycles. The summed E-state index contributed by atoms with van der Waals surface area (Å²) in [5, 5.41) is 8.65. The zero-order valence-corrected chi connectivity index (χ0v) is 16.1. The van der Waals surface area contributed by atoms with Crippen LogP contribution in [0.2, 0.25) is 0 Å². The molecule has 2 N–H and O–H groups in total. The molecule has 1 saturated heterocycles. The molecule has 3 aromatic rings. The van der Waals surface area contributed by atoms with Crippen molar-refractivity contribution in [3.8, 4) is 11.4 Å². The van der Waals surface area contributed by atoms with Gasteiger partial charge >= 0.3 is 0 Å². The molecule has 0 atom stereocenters. The number of hydroxylamine groups is 1. The number of fused-ring (bicyclic) bond motifs is 1. The summed E-state index contributed by atoms with van der Waals surface area (Å²) in [5.41, 5.74) is 5.51. The summed E-state index contributed by atoms with van der Waals surface area (Å²) in [4.78, 5) is 18.6. The van der Waals surface area contributed by atoms with E-state index in [4.69, 9.17) is 14.9 Å². The van der Waals surface area contributed by atoms with Crippen LogP contribution in [0.25, 0.3) is 28.5 Å². The van der Waals surface area contributed by atoms with Gasteiger partial charge in [0, 0.05) is 37.8 Å². The van der Waals surface area contributed by atoms with E-state index in [2.05, 4.69) is 15.5 Å². The van der Waals surface area contributed by atoms with Crippen molar-refractivity contribution in [3.05, 3.63) is 60.2 Å². The Balaban J connectivity index is 1.66. The molecule has 7 heteroatoms. The highest BCUT2D eigenvalue weighted by Crippen LogP contribution is 2.26. The molecule has 0 saturated carbocycles. The molecule has 1 aromatic heterocycles. The zero-order chi connectivity index (χ0) is 20.1. The number of rotatable bonds is 6. The van der Waals surface area contributed by atoms with Crippen LogP contribution in [0.3, 0.4) is 0 Å². The van der Waals surface area contributed by atoms with E-state index in [0.29, 0.717) is 0 Å². The lowest BCUT2D eigenvalue weighted by molar-refractivity contribution is -0.124. The van der Waals surface area contributed by atoms with Gasteiger partial charge in [0.1, 0.15) is 5.82 Å². The Morgan fingerprint density at radius 3 is 2.79 bits per heavy atom. The van der Waals surface area contributed by atoms with Crippen LogP contribution in [0.4, 0.5) is 0 Å². The molecule has 0 unspecified atom stereocenters. The minimum Gasteiger partial charge on any atom is -0.379 e. The van der Waals surface area contributed by atoms with Gasteiger partial charge in [-0.15, -0.1) is 0 Å². The number of aromatic nitrogens is 2. The van der Waals surface area contributed by atoms with Crippen LogP contribution >= 0.6 is 0 Å². The minimum absolute atomic E-state index is 0.562. The van der Waals surface area contributed by atoms with Gasteiger partial charge < -0.3 is 9.30 Å². The molecule has 2 aromatic carbocycles. The molecular weight excluding hydrogens is 368 g/mol. The van der Waals surface area contributed by atoms with Gasteiger partial charge in [0.15, 0.2) is 0 Å². The fraction of sp³-hybridized carbons (Fsp3) is 0.273. The Kier molecular flexibility index (Phi) is 6.00. The summed E-state index contributed by atoms with van der Waals surface area (Å²) >= 11 is 0. The molecule has 4 rings (SSSR count). The number of ether oxygens (including phenoxy) is 1. The molecule has 150 valence electrons. The maximum Gasteiger partial charge on any atom is 0.267 e. The first kappa shape index (κ1) is 19.3. The highest BCUT2D eigenvalue weighted by Gasteiger charge is 2.15. The Labute approximate surface area is 169 Å². The van der Waals surface area contributed by atoms with Crippen molar-refractivity contribution in [2.45, 2.75) is 6.54 Å². The van der Waals surface area contributed by atoms with Crippen molar-refractivity contribution in [3.63, 3.8) is 0 Å². The van der Waals surface area contributed by atoms with Gasteiger partial charge in [-0.3, -0.25) is 14.9 Å². The number of amides is 1. The number of hydrogen-bond acceptors (Lipinski definition) is 5. The summed E-state index contributed by atoms with van der Waals surface area (Å²) < 4.78 is 7.71. The Bertz CT molecular complexity index is 1020. The van der Waals surface area contributed by atoms with E-state index in [1.54, 1.807) is 11.6 Å². The molecule has 0 spiro atoms. The average molecular weight is 392 g/mol. The monoisotopic (exact) mass is 392 g/mol. The highest BCUT2D eigenvalue weighted by atomic mass is 16.5. The van der Waals surface area contributed by atoms with Crippen molar-refractivity contribution >= 4 is 23.0 Å². The number of benzene rings is 2.